The van der Waals surface area contributed by atoms with Gasteiger partial charge in [-0.3, -0.25) is 24.3 Å². The summed E-state index contributed by atoms with van der Waals surface area (Å²) in [5.41, 5.74) is 3.69. The maximum Gasteiger partial charge on any atom is 0.326 e. The number of nitrogens with zero attached hydrogens (tertiary/aromatic N) is 4. The van der Waals surface area contributed by atoms with Crippen LogP contribution in [0.15, 0.2) is 24.3 Å². The van der Waals surface area contributed by atoms with Crippen LogP contribution in [-0.2, 0) is 14.4 Å². The molecule has 0 spiro atoms. The third-order valence-corrected chi connectivity index (χ3v) is 4.70. The highest BCUT2D eigenvalue weighted by atomic mass is 19.1. The highest BCUT2D eigenvalue weighted by Crippen LogP contribution is 2.25. The fraction of sp³-hybridized carbons (Fsp3) is 0.471. The number of rotatable bonds is 5. The van der Waals surface area contributed by atoms with E-state index in [0.717, 1.165) is 10.7 Å². The molecule has 0 bridgehead atoms. The first-order valence-electron chi connectivity index (χ1n) is 8.64. The lowest BCUT2D eigenvalue weighted by Crippen LogP contribution is -2.68. The number of fused-ring (bicyclic) bond motifs is 1. The second-order valence-corrected chi connectivity index (χ2v) is 6.13. The monoisotopic (exact) mass is 363 g/mol. The molecule has 9 heteroatoms. The molecule has 1 aromatic carbocycles. The van der Waals surface area contributed by atoms with Gasteiger partial charge in [0.1, 0.15) is 12.4 Å². The Morgan fingerprint density at radius 1 is 1.12 bits per heavy atom. The molecule has 2 saturated heterocycles. The number of likely N-dealkylation sites (N-methyl/N-ethyl adjacent to an activating group) is 1. The van der Waals surface area contributed by atoms with E-state index in [4.69, 9.17) is 0 Å². The van der Waals surface area contributed by atoms with E-state index in [1.54, 1.807) is 17.0 Å². The Morgan fingerprint density at radius 2 is 1.73 bits per heavy atom. The van der Waals surface area contributed by atoms with E-state index in [0.29, 0.717) is 26.2 Å². The lowest BCUT2D eigenvalue weighted by atomic mass is 10.3. The van der Waals surface area contributed by atoms with Crippen LogP contribution in [0.1, 0.15) is 13.8 Å². The summed E-state index contributed by atoms with van der Waals surface area (Å²) in [5.74, 6) is -1.98. The van der Waals surface area contributed by atoms with E-state index < -0.39 is 18.1 Å². The second-order valence-electron chi connectivity index (χ2n) is 6.13. The minimum atomic E-state index is -0.747. The number of hydrogen-bond acceptors (Lipinski definition) is 5. The Bertz CT molecular complexity index is 707. The number of anilines is 1. The molecule has 26 heavy (non-hydrogen) atoms. The first-order chi connectivity index (χ1) is 12.5. The fourth-order valence-corrected chi connectivity index (χ4v) is 3.25. The predicted octanol–water partition coefficient (Wildman–Crippen LogP) is -0.0269. The van der Waals surface area contributed by atoms with E-state index in [1.165, 1.54) is 17.0 Å². The van der Waals surface area contributed by atoms with Crippen molar-refractivity contribution in [1.82, 2.24) is 20.2 Å². The largest absolute Gasteiger partial charge is 0.342 e. The van der Waals surface area contributed by atoms with Crippen molar-refractivity contribution in [2.24, 2.45) is 0 Å². The minimum absolute atomic E-state index is 0.214. The molecule has 2 aliphatic rings. The van der Waals surface area contributed by atoms with Gasteiger partial charge in [0.05, 0.1) is 0 Å². The molecule has 2 fully saturated rings. The van der Waals surface area contributed by atoms with Crippen molar-refractivity contribution < 1.29 is 18.8 Å². The highest BCUT2D eigenvalue weighted by Gasteiger charge is 2.45. The molecule has 8 nitrogen and oxygen atoms in total. The molecule has 1 atom stereocenters. The Balaban J connectivity index is 1.78. The van der Waals surface area contributed by atoms with Gasteiger partial charge >= 0.3 is 11.8 Å². The van der Waals surface area contributed by atoms with Gasteiger partial charge in [0, 0.05) is 31.9 Å². The molecule has 1 aromatic rings. The topological polar surface area (TPSA) is 76.2 Å². The normalized spacial score (nSPS) is 19.8. The third-order valence-electron chi connectivity index (χ3n) is 4.70. The Hall–Kier alpha value is -2.68. The Morgan fingerprint density at radius 3 is 2.35 bits per heavy atom. The number of halogens is 1. The number of carbonyl (C=O) groups excluding carboxylic acids is 3. The number of benzene rings is 1. The van der Waals surface area contributed by atoms with Crippen molar-refractivity contribution in [2.45, 2.75) is 20.1 Å². The van der Waals surface area contributed by atoms with Gasteiger partial charge in [0.15, 0.2) is 6.29 Å². The van der Waals surface area contributed by atoms with Crippen LogP contribution in [0, 0.1) is 5.82 Å². The van der Waals surface area contributed by atoms with Crippen LogP contribution >= 0.6 is 0 Å². The van der Waals surface area contributed by atoms with Gasteiger partial charge in [-0.15, -0.1) is 0 Å². The van der Waals surface area contributed by atoms with Crippen LogP contribution in [-0.4, -0.2) is 71.5 Å². The highest BCUT2D eigenvalue weighted by molar-refractivity contribution is 6.35. The molecular weight excluding hydrogens is 341 g/mol. The summed E-state index contributed by atoms with van der Waals surface area (Å²) >= 11 is 0. The first kappa shape index (κ1) is 18.1. The van der Waals surface area contributed by atoms with Crippen molar-refractivity contribution in [3.05, 3.63) is 30.1 Å². The summed E-state index contributed by atoms with van der Waals surface area (Å²) in [6, 6.07) is 5.92. The lowest BCUT2D eigenvalue weighted by molar-refractivity contribution is -0.164. The van der Waals surface area contributed by atoms with Crippen molar-refractivity contribution >= 4 is 23.4 Å². The zero-order valence-corrected chi connectivity index (χ0v) is 14.8. The van der Waals surface area contributed by atoms with E-state index in [9.17, 15) is 18.8 Å². The average molecular weight is 363 g/mol. The van der Waals surface area contributed by atoms with Gasteiger partial charge in [0.2, 0.25) is 5.91 Å². The molecule has 2 heterocycles. The van der Waals surface area contributed by atoms with Crippen molar-refractivity contribution in [1.29, 1.82) is 0 Å². The van der Waals surface area contributed by atoms with Crippen molar-refractivity contribution in [3.63, 3.8) is 0 Å². The molecule has 2 aliphatic heterocycles. The van der Waals surface area contributed by atoms with Gasteiger partial charge in [0.25, 0.3) is 0 Å². The molecular formula is C17H22FN5O3. The molecule has 3 amide bonds. The van der Waals surface area contributed by atoms with Crippen LogP contribution in [0.3, 0.4) is 0 Å². The first-order valence-corrected chi connectivity index (χ1v) is 8.64. The number of hydrazine groups is 1. The smallest absolute Gasteiger partial charge is 0.326 e. The Labute approximate surface area is 151 Å². The van der Waals surface area contributed by atoms with E-state index in [1.807, 2.05) is 18.7 Å². The van der Waals surface area contributed by atoms with Gasteiger partial charge in [-0.2, -0.15) is 5.43 Å². The van der Waals surface area contributed by atoms with Crippen LogP contribution in [0.4, 0.5) is 10.1 Å². The van der Waals surface area contributed by atoms with Crippen LogP contribution in [0.25, 0.3) is 0 Å². The van der Waals surface area contributed by atoms with Crippen LogP contribution in [0.5, 0.6) is 0 Å². The number of carbonyl (C=O) groups is 3. The molecule has 0 aliphatic carbocycles. The number of nitrogens with one attached hydrogen (secondary N) is 1. The van der Waals surface area contributed by atoms with Crippen molar-refractivity contribution in [2.75, 3.05) is 37.6 Å². The molecule has 1 N–H and O–H groups in total. The maximum absolute atomic E-state index is 13.2. The zero-order chi connectivity index (χ0) is 18.8. The molecule has 0 saturated carbocycles. The minimum Gasteiger partial charge on any atom is -0.342 e. The molecule has 0 radical (unpaired) electrons. The third kappa shape index (κ3) is 3.22. The van der Waals surface area contributed by atoms with E-state index in [2.05, 4.69) is 5.43 Å². The summed E-state index contributed by atoms with van der Waals surface area (Å²) in [4.78, 5) is 41.9. The van der Waals surface area contributed by atoms with E-state index in [-0.39, 0.29) is 18.3 Å². The standard InChI is InChI=1S/C17H22FN5O3/c1-3-20(4-2)14(24)11-23-16(26)15(25)22-10-9-21(17(22)19-23)13-7-5-12(18)6-8-13/h5-8,17,19H,3-4,9-11H2,1-2H3. The fourth-order valence-electron chi connectivity index (χ4n) is 3.25. The molecule has 1 unspecified atom stereocenters. The van der Waals surface area contributed by atoms with Crippen molar-refractivity contribution in [3.8, 4) is 0 Å². The quantitative estimate of drug-likeness (QED) is 0.744. The van der Waals surface area contributed by atoms with Gasteiger partial charge in [-0.25, -0.2) is 4.39 Å². The van der Waals surface area contributed by atoms with Crippen LogP contribution < -0.4 is 10.3 Å². The van der Waals surface area contributed by atoms with Gasteiger partial charge in [-0.05, 0) is 38.1 Å². The number of hydrogen-bond donors (Lipinski definition) is 1. The molecule has 140 valence electrons. The summed E-state index contributed by atoms with van der Waals surface area (Å²) < 4.78 is 13.2. The molecule has 3 rings (SSSR count). The molecule has 0 aromatic heterocycles. The lowest BCUT2D eigenvalue weighted by Gasteiger charge is -2.40. The summed E-state index contributed by atoms with van der Waals surface area (Å²) in [6.45, 7) is 5.43. The van der Waals surface area contributed by atoms with Crippen LogP contribution in [0.2, 0.25) is 0 Å². The summed E-state index contributed by atoms with van der Waals surface area (Å²) in [6.07, 6.45) is -0.588. The SMILES string of the molecule is CCN(CC)C(=O)CN1NC2N(CCN2c2ccc(F)cc2)C(=O)C1=O. The Kier molecular flexibility index (Phi) is 5.08. The van der Waals surface area contributed by atoms with E-state index >= 15 is 0 Å². The van der Waals surface area contributed by atoms with Gasteiger partial charge in [-0.1, -0.05) is 0 Å². The maximum atomic E-state index is 13.2. The van der Waals surface area contributed by atoms with Gasteiger partial charge < -0.3 is 9.80 Å². The second kappa shape index (κ2) is 7.28. The number of amides is 3. The summed E-state index contributed by atoms with van der Waals surface area (Å²) in [7, 11) is 0. The average Bonchev–Trinajstić information content (AvgIpc) is 3.05. The summed E-state index contributed by atoms with van der Waals surface area (Å²) in [5, 5.41) is 1.08. The zero-order valence-electron chi connectivity index (χ0n) is 14.8. The predicted molar refractivity (Wildman–Crippen MR) is 92.0 cm³/mol.